The Hall–Kier alpha value is -0.480. The second-order valence-electron chi connectivity index (χ2n) is 4.40. The number of nitrogens with one attached hydrogen (secondary N) is 1. The molecule has 0 aromatic heterocycles. The molecular weight excluding hydrogens is 298 g/mol. The summed E-state index contributed by atoms with van der Waals surface area (Å²) in [4.78, 5) is 12.7. The molecule has 1 amide bonds. The van der Waals surface area contributed by atoms with Gasteiger partial charge in [-0.2, -0.15) is 0 Å². The standard InChI is InChI=1S/C13H18BrNOS/c1-9(2)7-15-13(16)8-17-12-5-4-11(14)6-10(12)3/h4-6,9H,7-8H2,1-3H3,(H,15,16). The van der Waals surface area contributed by atoms with Crippen molar-refractivity contribution in [1.29, 1.82) is 0 Å². The van der Waals surface area contributed by atoms with Crippen LogP contribution in [0.1, 0.15) is 19.4 Å². The van der Waals surface area contributed by atoms with Crippen molar-refractivity contribution >= 4 is 33.6 Å². The average molecular weight is 316 g/mol. The highest BCUT2D eigenvalue weighted by Crippen LogP contribution is 2.24. The van der Waals surface area contributed by atoms with E-state index in [1.54, 1.807) is 11.8 Å². The Kier molecular flexibility index (Phi) is 6.06. The normalized spacial score (nSPS) is 10.6. The van der Waals surface area contributed by atoms with Gasteiger partial charge >= 0.3 is 0 Å². The highest BCUT2D eigenvalue weighted by molar-refractivity contribution is 9.10. The molecule has 0 fully saturated rings. The molecule has 0 radical (unpaired) electrons. The van der Waals surface area contributed by atoms with E-state index in [1.807, 2.05) is 12.1 Å². The van der Waals surface area contributed by atoms with Crippen LogP contribution in [-0.4, -0.2) is 18.2 Å². The maximum Gasteiger partial charge on any atom is 0.230 e. The van der Waals surface area contributed by atoms with E-state index in [0.29, 0.717) is 11.7 Å². The number of hydrogen-bond donors (Lipinski definition) is 1. The number of thioether (sulfide) groups is 1. The first-order valence-corrected chi connectivity index (χ1v) is 7.42. The molecule has 0 spiro atoms. The number of benzene rings is 1. The molecule has 1 aromatic carbocycles. The van der Waals surface area contributed by atoms with E-state index >= 15 is 0 Å². The predicted octanol–water partition coefficient (Wildman–Crippen LogP) is 3.62. The third-order valence-corrected chi connectivity index (χ3v) is 3.87. The zero-order valence-corrected chi connectivity index (χ0v) is 12.8. The quantitative estimate of drug-likeness (QED) is 0.841. The molecule has 0 saturated heterocycles. The zero-order chi connectivity index (χ0) is 12.8. The van der Waals surface area contributed by atoms with Crippen molar-refractivity contribution < 1.29 is 4.79 Å². The first-order valence-electron chi connectivity index (χ1n) is 5.64. The van der Waals surface area contributed by atoms with Gasteiger partial charge in [-0.25, -0.2) is 0 Å². The van der Waals surface area contributed by atoms with Gasteiger partial charge in [-0.1, -0.05) is 29.8 Å². The molecule has 0 aliphatic carbocycles. The SMILES string of the molecule is Cc1cc(Br)ccc1SCC(=O)NCC(C)C. The molecule has 0 bridgehead atoms. The monoisotopic (exact) mass is 315 g/mol. The van der Waals surface area contributed by atoms with E-state index < -0.39 is 0 Å². The van der Waals surface area contributed by atoms with Gasteiger partial charge < -0.3 is 5.32 Å². The molecule has 94 valence electrons. The van der Waals surface area contributed by atoms with Crippen LogP contribution in [0.25, 0.3) is 0 Å². The van der Waals surface area contributed by atoms with E-state index in [4.69, 9.17) is 0 Å². The number of amides is 1. The van der Waals surface area contributed by atoms with Crippen LogP contribution in [0.3, 0.4) is 0 Å². The lowest BCUT2D eigenvalue weighted by Gasteiger charge is -2.08. The van der Waals surface area contributed by atoms with Gasteiger partial charge in [-0.3, -0.25) is 4.79 Å². The summed E-state index contributed by atoms with van der Waals surface area (Å²) in [5.74, 6) is 1.08. The minimum absolute atomic E-state index is 0.103. The zero-order valence-electron chi connectivity index (χ0n) is 10.4. The van der Waals surface area contributed by atoms with Crippen molar-refractivity contribution in [3.8, 4) is 0 Å². The Balaban J connectivity index is 2.42. The third-order valence-electron chi connectivity index (χ3n) is 2.20. The van der Waals surface area contributed by atoms with Gasteiger partial charge in [0.1, 0.15) is 0 Å². The van der Waals surface area contributed by atoms with Gasteiger partial charge in [0, 0.05) is 15.9 Å². The van der Waals surface area contributed by atoms with Crippen LogP contribution in [0.5, 0.6) is 0 Å². The molecule has 0 heterocycles. The molecule has 1 rings (SSSR count). The maximum atomic E-state index is 11.6. The summed E-state index contributed by atoms with van der Waals surface area (Å²) >= 11 is 5.01. The molecule has 17 heavy (non-hydrogen) atoms. The van der Waals surface area contributed by atoms with Crippen molar-refractivity contribution in [2.75, 3.05) is 12.3 Å². The van der Waals surface area contributed by atoms with Crippen LogP contribution < -0.4 is 5.32 Å². The van der Waals surface area contributed by atoms with Gasteiger partial charge in [-0.15, -0.1) is 11.8 Å². The number of halogens is 1. The van der Waals surface area contributed by atoms with Gasteiger partial charge in [0.05, 0.1) is 5.75 Å². The van der Waals surface area contributed by atoms with Crippen LogP contribution in [-0.2, 0) is 4.79 Å². The van der Waals surface area contributed by atoms with Crippen molar-refractivity contribution in [2.45, 2.75) is 25.7 Å². The lowest BCUT2D eigenvalue weighted by Crippen LogP contribution is -2.28. The number of carbonyl (C=O) groups excluding carboxylic acids is 1. The fourth-order valence-corrected chi connectivity index (χ4v) is 2.60. The van der Waals surface area contributed by atoms with E-state index in [9.17, 15) is 4.79 Å². The van der Waals surface area contributed by atoms with Crippen LogP contribution in [0.4, 0.5) is 0 Å². The van der Waals surface area contributed by atoms with Crippen LogP contribution in [0.2, 0.25) is 0 Å². The summed E-state index contributed by atoms with van der Waals surface area (Å²) in [6.45, 7) is 6.98. The van der Waals surface area contributed by atoms with Crippen LogP contribution in [0.15, 0.2) is 27.6 Å². The Morgan fingerprint density at radius 3 is 2.76 bits per heavy atom. The Labute approximate surface area is 116 Å². The number of hydrogen-bond acceptors (Lipinski definition) is 2. The molecule has 1 N–H and O–H groups in total. The summed E-state index contributed by atoms with van der Waals surface area (Å²) < 4.78 is 1.07. The fourth-order valence-electron chi connectivity index (χ4n) is 1.29. The van der Waals surface area contributed by atoms with E-state index in [-0.39, 0.29) is 5.91 Å². The van der Waals surface area contributed by atoms with E-state index in [0.717, 1.165) is 15.9 Å². The van der Waals surface area contributed by atoms with Crippen molar-refractivity contribution in [2.24, 2.45) is 5.92 Å². The molecule has 0 saturated carbocycles. The largest absolute Gasteiger partial charge is 0.355 e. The molecule has 2 nitrogen and oxygen atoms in total. The topological polar surface area (TPSA) is 29.1 Å². The highest BCUT2D eigenvalue weighted by Gasteiger charge is 2.05. The summed E-state index contributed by atoms with van der Waals surface area (Å²) in [5, 5.41) is 2.91. The Bertz CT molecular complexity index is 393. The lowest BCUT2D eigenvalue weighted by atomic mass is 10.2. The van der Waals surface area contributed by atoms with Gasteiger partial charge in [0.2, 0.25) is 5.91 Å². The van der Waals surface area contributed by atoms with Crippen LogP contribution >= 0.6 is 27.7 Å². The second-order valence-corrected chi connectivity index (χ2v) is 6.33. The summed E-state index contributed by atoms with van der Waals surface area (Å²) in [5.41, 5.74) is 1.20. The molecule has 0 aliphatic rings. The van der Waals surface area contributed by atoms with Gasteiger partial charge in [0.15, 0.2) is 0 Å². The fraction of sp³-hybridized carbons (Fsp3) is 0.462. The molecule has 1 aromatic rings. The summed E-state index contributed by atoms with van der Waals surface area (Å²) in [6.07, 6.45) is 0. The van der Waals surface area contributed by atoms with Crippen molar-refractivity contribution in [1.82, 2.24) is 5.32 Å². The molecule has 0 atom stereocenters. The highest BCUT2D eigenvalue weighted by atomic mass is 79.9. The molecule has 0 aliphatic heterocycles. The first-order chi connectivity index (χ1) is 7.99. The van der Waals surface area contributed by atoms with Crippen LogP contribution in [0, 0.1) is 12.8 Å². The average Bonchev–Trinajstić information content (AvgIpc) is 2.25. The maximum absolute atomic E-state index is 11.6. The second kappa shape index (κ2) is 7.07. The molecule has 0 unspecified atom stereocenters. The first kappa shape index (κ1) is 14.6. The lowest BCUT2D eigenvalue weighted by molar-refractivity contribution is -0.118. The predicted molar refractivity (Wildman–Crippen MR) is 77.5 cm³/mol. The summed E-state index contributed by atoms with van der Waals surface area (Å²) in [7, 11) is 0. The van der Waals surface area contributed by atoms with Gasteiger partial charge in [-0.05, 0) is 36.6 Å². The number of aryl methyl sites for hydroxylation is 1. The summed E-state index contributed by atoms with van der Waals surface area (Å²) in [6, 6.07) is 6.11. The van der Waals surface area contributed by atoms with E-state index in [2.05, 4.69) is 48.1 Å². The molecule has 4 heteroatoms. The molecular formula is C13H18BrNOS. The number of carbonyl (C=O) groups is 1. The minimum atomic E-state index is 0.103. The van der Waals surface area contributed by atoms with E-state index in [1.165, 1.54) is 5.56 Å². The smallest absolute Gasteiger partial charge is 0.230 e. The van der Waals surface area contributed by atoms with Crippen molar-refractivity contribution in [3.63, 3.8) is 0 Å². The van der Waals surface area contributed by atoms with Crippen molar-refractivity contribution in [3.05, 3.63) is 28.2 Å². The Morgan fingerprint density at radius 1 is 1.47 bits per heavy atom. The Morgan fingerprint density at radius 2 is 2.18 bits per heavy atom. The van der Waals surface area contributed by atoms with Gasteiger partial charge in [0.25, 0.3) is 0 Å². The third kappa shape index (κ3) is 5.59. The number of rotatable bonds is 5. The minimum Gasteiger partial charge on any atom is -0.355 e.